The number of nitrogens with zero attached hydrogens (tertiary/aromatic N) is 2. The summed E-state index contributed by atoms with van der Waals surface area (Å²) >= 11 is 0. The van der Waals surface area contributed by atoms with Crippen molar-refractivity contribution in [3.63, 3.8) is 0 Å². The lowest BCUT2D eigenvalue weighted by molar-refractivity contribution is 0.701. The fraction of sp³-hybridized carbons (Fsp3) is 1.00. The number of hydrogen-bond acceptors (Lipinski definition) is 2. The van der Waals surface area contributed by atoms with E-state index >= 15 is 0 Å². The van der Waals surface area contributed by atoms with Crippen molar-refractivity contribution in [2.24, 2.45) is 10.2 Å². The monoisotopic (exact) mass is 128 g/mol. The second-order valence-corrected chi connectivity index (χ2v) is 2.43. The molecule has 0 aliphatic carbocycles. The molecular formula is C7H16N2. The van der Waals surface area contributed by atoms with Gasteiger partial charge >= 0.3 is 0 Å². The minimum Gasteiger partial charge on any atom is -0.194 e. The van der Waals surface area contributed by atoms with Gasteiger partial charge in [0.15, 0.2) is 0 Å². The van der Waals surface area contributed by atoms with E-state index in [0.29, 0.717) is 6.04 Å². The molecule has 54 valence electrons. The Hall–Kier alpha value is -0.400. The van der Waals surface area contributed by atoms with Crippen molar-refractivity contribution >= 4 is 0 Å². The van der Waals surface area contributed by atoms with Gasteiger partial charge in [0.05, 0.1) is 12.6 Å². The van der Waals surface area contributed by atoms with Crippen LogP contribution in [0.2, 0.25) is 0 Å². The minimum atomic E-state index is 0.363. The van der Waals surface area contributed by atoms with Crippen molar-refractivity contribution in [3.05, 3.63) is 0 Å². The Morgan fingerprint density at radius 2 is 2.00 bits per heavy atom. The second kappa shape index (κ2) is 5.73. The third-order valence-corrected chi connectivity index (χ3v) is 0.924. The van der Waals surface area contributed by atoms with Crippen LogP contribution in [0, 0.1) is 0 Å². The lowest BCUT2D eigenvalue weighted by atomic mass is 10.3. The van der Waals surface area contributed by atoms with Gasteiger partial charge < -0.3 is 0 Å². The molecule has 0 saturated carbocycles. The van der Waals surface area contributed by atoms with Crippen molar-refractivity contribution in [1.82, 2.24) is 0 Å². The molecule has 0 unspecified atom stereocenters. The summed E-state index contributed by atoms with van der Waals surface area (Å²) in [6.45, 7) is 7.13. The quantitative estimate of drug-likeness (QED) is 0.411. The number of rotatable bonds is 4. The van der Waals surface area contributed by atoms with Gasteiger partial charge in [-0.05, 0) is 20.3 Å². The van der Waals surface area contributed by atoms with Crippen LogP contribution in [0.15, 0.2) is 10.2 Å². The van der Waals surface area contributed by atoms with E-state index in [4.69, 9.17) is 0 Å². The zero-order valence-electron chi connectivity index (χ0n) is 6.59. The summed E-state index contributed by atoms with van der Waals surface area (Å²) in [4.78, 5) is 0. The normalized spacial score (nSPS) is 11.6. The fourth-order valence-electron chi connectivity index (χ4n) is 0.450. The molecule has 0 rings (SSSR count). The summed E-state index contributed by atoms with van der Waals surface area (Å²) in [6, 6.07) is 0.363. The van der Waals surface area contributed by atoms with Gasteiger partial charge in [0.1, 0.15) is 0 Å². The molecule has 0 aromatic carbocycles. The first-order chi connectivity index (χ1) is 4.27. The summed E-state index contributed by atoms with van der Waals surface area (Å²) in [5, 5.41) is 7.97. The number of azo groups is 1. The van der Waals surface area contributed by atoms with Crippen molar-refractivity contribution in [2.75, 3.05) is 6.54 Å². The average Bonchev–Trinajstić information content (AvgIpc) is 1.80. The molecule has 0 saturated heterocycles. The van der Waals surface area contributed by atoms with E-state index < -0.39 is 0 Å². The second-order valence-electron chi connectivity index (χ2n) is 2.43. The van der Waals surface area contributed by atoms with Gasteiger partial charge in [-0.25, -0.2) is 0 Å². The molecular weight excluding hydrogens is 112 g/mol. The van der Waals surface area contributed by atoms with E-state index in [1.807, 2.05) is 13.8 Å². The molecule has 0 heterocycles. The van der Waals surface area contributed by atoms with E-state index in [1.165, 1.54) is 6.42 Å². The Bertz CT molecular complexity index is 77.0. The zero-order valence-corrected chi connectivity index (χ0v) is 6.59. The molecule has 2 nitrogen and oxygen atoms in total. The van der Waals surface area contributed by atoms with Crippen LogP contribution in [-0.4, -0.2) is 12.6 Å². The molecule has 0 amide bonds. The lowest BCUT2D eigenvalue weighted by Gasteiger charge is -1.91. The Labute approximate surface area is 57.4 Å². The highest BCUT2D eigenvalue weighted by atomic mass is 15.1. The molecule has 0 radical (unpaired) electrons. The maximum Gasteiger partial charge on any atom is 0.0652 e. The molecule has 0 fully saturated rings. The topological polar surface area (TPSA) is 24.7 Å². The van der Waals surface area contributed by atoms with Crippen LogP contribution in [-0.2, 0) is 0 Å². The molecule has 0 aromatic rings. The summed E-state index contributed by atoms with van der Waals surface area (Å²) in [6.07, 6.45) is 2.37. The number of unbranched alkanes of at least 4 members (excludes halogenated alkanes) is 1. The maximum atomic E-state index is 3.99. The van der Waals surface area contributed by atoms with Crippen LogP contribution in [0.25, 0.3) is 0 Å². The molecule has 9 heavy (non-hydrogen) atoms. The van der Waals surface area contributed by atoms with E-state index in [2.05, 4.69) is 17.2 Å². The van der Waals surface area contributed by atoms with Crippen molar-refractivity contribution in [3.8, 4) is 0 Å². The summed E-state index contributed by atoms with van der Waals surface area (Å²) in [7, 11) is 0. The Kier molecular flexibility index (Phi) is 5.48. The smallest absolute Gasteiger partial charge is 0.0652 e. The molecule has 0 spiro atoms. The van der Waals surface area contributed by atoms with E-state index in [0.717, 1.165) is 13.0 Å². The average molecular weight is 128 g/mol. The molecule has 0 atom stereocenters. The van der Waals surface area contributed by atoms with Gasteiger partial charge in [-0.15, -0.1) is 0 Å². The third-order valence-electron chi connectivity index (χ3n) is 0.924. The highest BCUT2D eigenvalue weighted by molar-refractivity contribution is 4.45. The molecule has 0 aliphatic heterocycles. The van der Waals surface area contributed by atoms with Crippen LogP contribution in [0.4, 0.5) is 0 Å². The van der Waals surface area contributed by atoms with Crippen molar-refractivity contribution in [1.29, 1.82) is 0 Å². The largest absolute Gasteiger partial charge is 0.194 e. The SMILES string of the molecule is CCCCN=NC(C)C. The fourth-order valence-corrected chi connectivity index (χ4v) is 0.450. The van der Waals surface area contributed by atoms with Gasteiger partial charge in [0.2, 0.25) is 0 Å². The van der Waals surface area contributed by atoms with Crippen molar-refractivity contribution < 1.29 is 0 Å². The van der Waals surface area contributed by atoms with Gasteiger partial charge in [0, 0.05) is 0 Å². The van der Waals surface area contributed by atoms with Crippen LogP contribution in [0.3, 0.4) is 0 Å². The first-order valence-corrected chi connectivity index (χ1v) is 3.64. The predicted octanol–water partition coefficient (Wildman–Crippen LogP) is 2.65. The van der Waals surface area contributed by atoms with Crippen LogP contribution in [0.5, 0.6) is 0 Å². The van der Waals surface area contributed by atoms with E-state index in [-0.39, 0.29) is 0 Å². The van der Waals surface area contributed by atoms with Gasteiger partial charge in [-0.3, -0.25) is 0 Å². The Morgan fingerprint density at radius 1 is 1.33 bits per heavy atom. The molecule has 2 heteroatoms. The van der Waals surface area contributed by atoms with E-state index in [9.17, 15) is 0 Å². The summed E-state index contributed by atoms with van der Waals surface area (Å²) < 4.78 is 0. The first kappa shape index (κ1) is 8.60. The molecule has 0 bridgehead atoms. The summed E-state index contributed by atoms with van der Waals surface area (Å²) in [5.74, 6) is 0. The third kappa shape index (κ3) is 7.60. The maximum absolute atomic E-state index is 3.99. The standard InChI is InChI=1S/C7H16N2/c1-4-5-6-8-9-7(2)3/h7H,4-6H2,1-3H3. The van der Waals surface area contributed by atoms with Crippen molar-refractivity contribution in [2.45, 2.75) is 39.7 Å². The molecule has 0 N–H and O–H groups in total. The van der Waals surface area contributed by atoms with Crippen LogP contribution < -0.4 is 0 Å². The highest BCUT2D eigenvalue weighted by Crippen LogP contribution is 1.91. The summed E-state index contributed by atoms with van der Waals surface area (Å²) in [5.41, 5.74) is 0. The van der Waals surface area contributed by atoms with Gasteiger partial charge in [0.25, 0.3) is 0 Å². The lowest BCUT2D eigenvalue weighted by Crippen LogP contribution is -1.86. The predicted molar refractivity (Wildman–Crippen MR) is 39.8 cm³/mol. The van der Waals surface area contributed by atoms with Crippen LogP contribution >= 0.6 is 0 Å². The van der Waals surface area contributed by atoms with Gasteiger partial charge in [-0.2, -0.15) is 10.2 Å². The Morgan fingerprint density at radius 3 is 2.44 bits per heavy atom. The van der Waals surface area contributed by atoms with Crippen LogP contribution in [0.1, 0.15) is 33.6 Å². The molecule has 0 aliphatic rings. The Balaban J connectivity index is 3.04. The zero-order chi connectivity index (χ0) is 7.11. The van der Waals surface area contributed by atoms with Gasteiger partial charge in [-0.1, -0.05) is 13.3 Å². The molecule has 0 aromatic heterocycles. The highest BCUT2D eigenvalue weighted by Gasteiger charge is 1.83. The minimum absolute atomic E-state index is 0.363. The number of hydrogen-bond donors (Lipinski definition) is 0. The first-order valence-electron chi connectivity index (χ1n) is 3.64. The van der Waals surface area contributed by atoms with E-state index in [1.54, 1.807) is 0 Å².